The Kier molecular flexibility index (Phi) is 60.8. The van der Waals surface area contributed by atoms with Crippen LogP contribution in [0.5, 0.6) is 0 Å². The normalized spacial score (nSPS) is 13.4. The van der Waals surface area contributed by atoms with E-state index < -0.39 is 24.3 Å². The van der Waals surface area contributed by atoms with E-state index in [4.69, 9.17) is 18.9 Å². The molecule has 0 spiro atoms. The maximum atomic E-state index is 12.9. The second kappa shape index (κ2) is 64.0. The molecule has 83 heavy (non-hydrogen) atoms. The minimum atomic E-state index is -1.52. The summed E-state index contributed by atoms with van der Waals surface area (Å²) < 4.78 is 23.0. The Hall–Kier alpha value is -4.05. The molecule has 1 N–H and O–H groups in total. The Morgan fingerprint density at radius 2 is 0.651 bits per heavy atom. The Morgan fingerprint density at radius 3 is 0.964 bits per heavy atom. The van der Waals surface area contributed by atoms with Gasteiger partial charge in [-0.2, -0.15) is 0 Å². The lowest BCUT2D eigenvalue weighted by atomic mass is 10.0. The van der Waals surface area contributed by atoms with Gasteiger partial charge in [-0.25, -0.2) is 4.79 Å². The van der Waals surface area contributed by atoms with Gasteiger partial charge in [0.05, 0.1) is 34.4 Å². The van der Waals surface area contributed by atoms with Crippen LogP contribution in [0.3, 0.4) is 0 Å². The lowest BCUT2D eigenvalue weighted by Crippen LogP contribution is -2.40. The number of ether oxygens (including phenoxy) is 4. The number of allylic oxidation sites excluding steroid dienone is 18. The van der Waals surface area contributed by atoms with E-state index in [0.29, 0.717) is 23.9 Å². The van der Waals surface area contributed by atoms with Crippen molar-refractivity contribution in [2.24, 2.45) is 0 Å². The predicted molar refractivity (Wildman–Crippen MR) is 355 cm³/mol. The molecule has 0 radical (unpaired) electrons. The molecule has 0 saturated carbocycles. The third-order valence-electron chi connectivity index (χ3n) is 14.5. The number of nitrogens with zero attached hydrogens (tertiary/aromatic N) is 1. The third kappa shape index (κ3) is 65.3. The molecule has 0 aliphatic carbocycles. The number of esters is 2. The smallest absolute Gasteiger partial charge is 0.361 e. The lowest BCUT2D eigenvalue weighted by molar-refractivity contribution is -0.870. The number of aliphatic carboxylic acids is 1. The van der Waals surface area contributed by atoms with Crippen LogP contribution in [0.2, 0.25) is 0 Å². The molecule has 476 valence electrons. The predicted octanol–water partition coefficient (Wildman–Crippen LogP) is 21.0. The maximum Gasteiger partial charge on any atom is 0.361 e. The highest BCUT2D eigenvalue weighted by Crippen LogP contribution is 2.17. The number of unbranched alkanes of at least 4 members (excludes halogenated alkanes) is 29. The number of hydrogen-bond acceptors (Lipinski definition) is 7. The van der Waals surface area contributed by atoms with E-state index >= 15 is 0 Å². The van der Waals surface area contributed by atoms with Crippen LogP contribution >= 0.6 is 0 Å². The SMILES string of the molecule is CC/C=C\C/C=C\C/C=C\C/C=C\C/C=C\CCCCCCCCCC(=O)OC(COC(=O)CCCCCCCCCCCCCCCCCCCCCCCC/C=C\C/C=C\C/C=C\C/C=C\CC)COC(OCC[N+](C)(C)C)C(=O)O. The van der Waals surface area contributed by atoms with Crippen molar-refractivity contribution in [3.05, 3.63) is 109 Å². The molecule has 0 aliphatic rings. The van der Waals surface area contributed by atoms with E-state index in [1.165, 1.54) is 148 Å². The number of quaternary nitrogens is 1. The van der Waals surface area contributed by atoms with Crippen molar-refractivity contribution in [1.29, 1.82) is 0 Å². The summed E-state index contributed by atoms with van der Waals surface area (Å²) in [6, 6.07) is 0. The average Bonchev–Trinajstić information content (AvgIpc) is 3.46. The summed E-state index contributed by atoms with van der Waals surface area (Å²) in [4.78, 5) is 37.6. The number of hydrogen-bond donors (Lipinski definition) is 1. The Morgan fingerprint density at radius 1 is 0.361 bits per heavy atom. The Balaban J connectivity index is 4.09. The summed E-state index contributed by atoms with van der Waals surface area (Å²) in [6.07, 6.45) is 86.3. The van der Waals surface area contributed by atoms with E-state index in [9.17, 15) is 19.5 Å². The van der Waals surface area contributed by atoms with Gasteiger partial charge in [0, 0.05) is 12.8 Å². The van der Waals surface area contributed by atoms with Gasteiger partial charge in [0.25, 0.3) is 6.29 Å². The van der Waals surface area contributed by atoms with E-state index in [2.05, 4.69) is 123 Å². The molecule has 0 heterocycles. The van der Waals surface area contributed by atoms with Crippen molar-refractivity contribution in [3.8, 4) is 0 Å². The van der Waals surface area contributed by atoms with Crippen molar-refractivity contribution >= 4 is 17.9 Å². The van der Waals surface area contributed by atoms with E-state index in [0.717, 1.165) is 103 Å². The molecule has 0 aromatic rings. The molecule has 0 aromatic carbocycles. The standard InChI is InChI=1S/C74H127NO8/c1-6-8-10-12-14-16-18-20-22-24-26-28-30-31-32-33-34-35-36-37-38-39-40-41-43-44-46-48-50-52-54-56-58-60-62-64-71(76)81-68-70(69-82-74(73(78)79)80-67-66-75(3,4)5)83-72(77)65-63-61-59-57-55-53-51-49-47-45-42-29-27-25-23-21-19-17-15-13-11-9-7-2/h8-11,14-17,20-23,26-29,45,47,70,74H,6-7,12-13,18-19,24-25,30-44,46,48-69H2,1-5H3/p+1/b10-8-,11-9-,16-14-,17-15-,22-20-,23-21-,28-26-,29-27-,47-45-. The monoisotopic (exact) mass is 1160 g/mol. The van der Waals surface area contributed by atoms with E-state index in [-0.39, 0.29) is 32.2 Å². The summed E-state index contributed by atoms with van der Waals surface area (Å²) in [5.74, 6) is -2.02. The molecule has 0 aromatic heterocycles. The van der Waals surface area contributed by atoms with Gasteiger partial charge in [0.1, 0.15) is 13.2 Å². The third-order valence-corrected chi connectivity index (χ3v) is 14.5. The van der Waals surface area contributed by atoms with Crippen LogP contribution in [0.25, 0.3) is 0 Å². The van der Waals surface area contributed by atoms with Crippen LogP contribution < -0.4 is 0 Å². The minimum Gasteiger partial charge on any atom is -0.477 e. The lowest BCUT2D eigenvalue weighted by Gasteiger charge is -2.25. The summed E-state index contributed by atoms with van der Waals surface area (Å²) in [7, 11) is 5.97. The van der Waals surface area contributed by atoms with Crippen molar-refractivity contribution in [2.45, 2.75) is 296 Å². The van der Waals surface area contributed by atoms with Crippen LogP contribution in [0.4, 0.5) is 0 Å². The zero-order valence-electron chi connectivity index (χ0n) is 54.3. The molecule has 0 fully saturated rings. The number of carboxylic acid groups (broad SMARTS) is 1. The quantitative estimate of drug-likeness (QED) is 0.0211. The van der Waals surface area contributed by atoms with Crippen molar-refractivity contribution < 1.29 is 42.9 Å². The van der Waals surface area contributed by atoms with Crippen LogP contribution in [-0.2, 0) is 33.3 Å². The summed E-state index contributed by atoms with van der Waals surface area (Å²) in [6.45, 7) is 4.66. The fourth-order valence-electron chi connectivity index (χ4n) is 9.39. The molecule has 0 rings (SSSR count). The number of carbonyl (C=O) groups excluding carboxylic acids is 2. The fourth-order valence-corrected chi connectivity index (χ4v) is 9.39. The largest absolute Gasteiger partial charge is 0.477 e. The first-order valence-corrected chi connectivity index (χ1v) is 34.1. The zero-order valence-corrected chi connectivity index (χ0v) is 54.3. The highest BCUT2D eigenvalue weighted by molar-refractivity contribution is 5.71. The highest BCUT2D eigenvalue weighted by atomic mass is 16.7. The highest BCUT2D eigenvalue weighted by Gasteiger charge is 2.25. The van der Waals surface area contributed by atoms with Gasteiger partial charge < -0.3 is 28.5 Å². The van der Waals surface area contributed by atoms with Crippen molar-refractivity contribution in [2.75, 3.05) is 47.5 Å². The van der Waals surface area contributed by atoms with Gasteiger partial charge in [0.2, 0.25) is 0 Å². The molecule has 2 atom stereocenters. The van der Waals surface area contributed by atoms with Gasteiger partial charge in [0.15, 0.2) is 6.10 Å². The van der Waals surface area contributed by atoms with Gasteiger partial charge in [-0.05, 0) is 96.3 Å². The van der Waals surface area contributed by atoms with Crippen LogP contribution in [-0.4, -0.2) is 87.4 Å². The van der Waals surface area contributed by atoms with Gasteiger partial charge >= 0.3 is 17.9 Å². The second-order valence-electron chi connectivity index (χ2n) is 23.7. The van der Waals surface area contributed by atoms with Crippen LogP contribution in [0, 0.1) is 0 Å². The van der Waals surface area contributed by atoms with Gasteiger partial charge in [-0.1, -0.05) is 284 Å². The fraction of sp³-hybridized carbons (Fsp3) is 0.716. The minimum absolute atomic E-state index is 0.182. The molecule has 9 nitrogen and oxygen atoms in total. The summed E-state index contributed by atoms with van der Waals surface area (Å²) >= 11 is 0. The topological polar surface area (TPSA) is 108 Å². The molecule has 0 bridgehead atoms. The van der Waals surface area contributed by atoms with Crippen molar-refractivity contribution in [3.63, 3.8) is 0 Å². The Bertz CT molecular complexity index is 1730. The molecule has 0 saturated heterocycles. The average molecular weight is 1160 g/mol. The number of carbonyl (C=O) groups is 3. The molecular weight excluding hydrogens is 1030 g/mol. The van der Waals surface area contributed by atoms with Crippen LogP contribution in [0.1, 0.15) is 284 Å². The van der Waals surface area contributed by atoms with E-state index in [1.54, 1.807) is 0 Å². The van der Waals surface area contributed by atoms with Gasteiger partial charge in [-0.15, -0.1) is 0 Å². The first kappa shape index (κ1) is 79.0. The molecule has 9 heteroatoms. The number of carboxylic acids is 1. The van der Waals surface area contributed by atoms with Gasteiger partial charge in [-0.3, -0.25) is 9.59 Å². The molecule has 2 unspecified atom stereocenters. The summed E-state index contributed by atoms with van der Waals surface area (Å²) in [5.41, 5.74) is 0. The first-order chi connectivity index (χ1) is 40.6. The summed E-state index contributed by atoms with van der Waals surface area (Å²) in [5, 5.41) is 9.74. The first-order valence-electron chi connectivity index (χ1n) is 34.1. The molecule has 0 amide bonds. The van der Waals surface area contributed by atoms with Crippen molar-refractivity contribution in [1.82, 2.24) is 0 Å². The molecular formula is C74H128NO8+. The second-order valence-corrected chi connectivity index (χ2v) is 23.7. The number of rotatable bonds is 62. The molecule has 0 aliphatic heterocycles. The zero-order chi connectivity index (χ0) is 60.5. The Labute approximate surface area is 511 Å². The van der Waals surface area contributed by atoms with Crippen LogP contribution in [0.15, 0.2) is 109 Å². The maximum absolute atomic E-state index is 12.9. The van der Waals surface area contributed by atoms with E-state index in [1.807, 2.05) is 21.1 Å². The number of likely N-dealkylation sites (N-methyl/N-ethyl adjacent to an activating group) is 1.